The summed E-state index contributed by atoms with van der Waals surface area (Å²) < 4.78 is 13.6. The van der Waals surface area contributed by atoms with Crippen molar-refractivity contribution in [3.05, 3.63) is 55.6 Å². The smallest absolute Gasteiger partial charge is 0.162 e. The molecule has 2 aromatic rings. The molecule has 2 aromatic carbocycles. The Balaban J connectivity index is 2.04. The highest BCUT2D eigenvalue weighted by molar-refractivity contribution is 14.1. The number of hydrogen-bond acceptors (Lipinski definition) is 3. The molecule has 0 spiro atoms. The van der Waals surface area contributed by atoms with E-state index < -0.39 is 0 Å². The predicted octanol–water partition coefficient (Wildman–Crippen LogP) is 4.13. The molecule has 3 nitrogen and oxygen atoms in total. The molecule has 0 aromatic heterocycles. The van der Waals surface area contributed by atoms with Crippen molar-refractivity contribution in [1.29, 1.82) is 0 Å². The molecule has 3 rings (SSSR count). The van der Waals surface area contributed by atoms with Crippen molar-refractivity contribution in [2.75, 3.05) is 20.3 Å². The van der Waals surface area contributed by atoms with Crippen LogP contribution in [0, 0.1) is 3.57 Å². The Hall–Kier alpha value is -0.790. The van der Waals surface area contributed by atoms with E-state index in [1.54, 1.807) is 0 Å². The van der Waals surface area contributed by atoms with Crippen molar-refractivity contribution < 1.29 is 9.47 Å². The van der Waals surface area contributed by atoms with Crippen LogP contribution in [0.5, 0.6) is 11.5 Å². The van der Waals surface area contributed by atoms with Crippen LogP contribution in [0.25, 0.3) is 0 Å². The normalized spacial score (nSPS) is 14.8. The van der Waals surface area contributed by atoms with Crippen molar-refractivity contribution in [3.8, 4) is 11.5 Å². The lowest BCUT2D eigenvalue weighted by atomic mass is 9.98. The minimum Gasteiger partial charge on any atom is -0.486 e. The van der Waals surface area contributed by atoms with Gasteiger partial charge in [-0.25, -0.2) is 0 Å². The summed E-state index contributed by atoms with van der Waals surface area (Å²) in [7, 11) is 1.97. The van der Waals surface area contributed by atoms with Crippen LogP contribution < -0.4 is 14.8 Å². The Kier molecular flexibility index (Phi) is 4.71. The molecule has 1 atom stereocenters. The first kappa shape index (κ1) is 15.1. The summed E-state index contributed by atoms with van der Waals surface area (Å²) in [5.74, 6) is 1.61. The minimum atomic E-state index is 0.102. The molecule has 0 saturated heterocycles. The maximum Gasteiger partial charge on any atom is 0.162 e. The third kappa shape index (κ3) is 3.19. The Morgan fingerprint density at radius 3 is 2.52 bits per heavy atom. The van der Waals surface area contributed by atoms with Crippen LogP contribution >= 0.6 is 38.5 Å². The topological polar surface area (TPSA) is 30.5 Å². The van der Waals surface area contributed by atoms with E-state index in [9.17, 15) is 0 Å². The van der Waals surface area contributed by atoms with Crippen LogP contribution in [0.2, 0.25) is 0 Å². The van der Waals surface area contributed by atoms with Crippen LogP contribution in [0.4, 0.5) is 0 Å². The summed E-state index contributed by atoms with van der Waals surface area (Å²) in [4.78, 5) is 0. The minimum absolute atomic E-state index is 0.102. The zero-order valence-corrected chi connectivity index (χ0v) is 15.3. The predicted molar refractivity (Wildman–Crippen MR) is 95.2 cm³/mol. The lowest BCUT2D eigenvalue weighted by molar-refractivity contribution is 0.171. The van der Waals surface area contributed by atoms with Gasteiger partial charge >= 0.3 is 0 Å². The van der Waals surface area contributed by atoms with Crippen molar-refractivity contribution in [1.82, 2.24) is 5.32 Å². The van der Waals surface area contributed by atoms with Crippen LogP contribution in [-0.2, 0) is 0 Å². The van der Waals surface area contributed by atoms with E-state index in [0.29, 0.717) is 13.2 Å². The number of ether oxygens (including phenoxy) is 2. The van der Waals surface area contributed by atoms with Crippen LogP contribution in [0.15, 0.2) is 40.9 Å². The van der Waals surface area contributed by atoms with Gasteiger partial charge in [0.05, 0.1) is 6.04 Å². The molecule has 0 aliphatic carbocycles. The van der Waals surface area contributed by atoms with Gasteiger partial charge in [0, 0.05) is 8.04 Å². The van der Waals surface area contributed by atoms with Crippen molar-refractivity contribution in [3.63, 3.8) is 0 Å². The lowest BCUT2D eigenvalue weighted by Crippen LogP contribution is -2.20. The molecule has 5 heteroatoms. The third-order valence-corrected chi connectivity index (χ3v) is 4.80. The molecule has 1 aliphatic rings. The average molecular weight is 460 g/mol. The Morgan fingerprint density at radius 2 is 1.86 bits per heavy atom. The Bertz CT molecular complexity index is 663. The third-order valence-electron chi connectivity index (χ3n) is 3.44. The summed E-state index contributed by atoms with van der Waals surface area (Å²) >= 11 is 5.99. The van der Waals surface area contributed by atoms with Gasteiger partial charge in [-0.3, -0.25) is 0 Å². The van der Waals surface area contributed by atoms with E-state index >= 15 is 0 Å². The summed E-state index contributed by atoms with van der Waals surface area (Å²) in [5, 5.41) is 3.38. The fourth-order valence-corrected chi connectivity index (χ4v) is 3.61. The summed E-state index contributed by atoms with van der Waals surface area (Å²) in [5.41, 5.74) is 2.37. The second-order valence-electron chi connectivity index (χ2n) is 4.79. The highest BCUT2D eigenvalue weighted by Crippen LogP contribution is 2.39. The molecular formula is C16H15BrINO2. The molecule has 0 radical (unpaired) electrons. The van der Waals surface area contributed by atoms with E-state index in [2.05, 4.69) is 74.2 Å². The highest BCUT2D eigenvalue weighted by Gasteiger charge is 2.20. The highest BCUT2D eigenvalue weighted by atomic mass is 127. The van der Waals surface area contributed by atoms with Gasteiger partial charge in [-0.2, -0.15) is 0 Å². The molecule has 1 unspecified atom stereocenters. The van der Waals surface area contributed by atoms with Gasteiger partial charge < -0.3 is 14.8 Å². The van der Waals surface area contributed by atoms with Crippen LogP contribution in [0.1, 0.15) is 17.2 Å². The number of nitrogens with one attached hydrogen (secondary N) is 1. The second kappa shape index (κ2) is 6.54. The monoisotopic (exact) mass is 459 g/mol. The number of halogens is 2. The fraction of sp³-hybridized carbons (Fsp3) is 0.250. The SMILES string of the molecule is CNC(c1cccc(I)c1)c1cc2c(cc1Br)OCCO2. The van der Waals surface area contributed by atoms with Gasteiger partial charge in [0.1, 0.15) is 13.2 Å². The first-order valence-electron chi connectivity index (χ1n) is 6.71. The van der Waals surface area contributed by atoms with Crippen molar-refractivity contribution in [2.24, 2.45) is 0 Å². The molecule has 110 valence electrons. The zero-order valence-electron chi connectivity index (χ0n) is 11.5. The maximum absolute atomic E-state index is 5.70. The largest absolute Gasteiger partial charge is 0.486 e. The van der Waals surface area contributed by atoms with Crippen LogP contribution in [0.3, 0.4) is 0 Å². The summed E-state index contributed by atoms with van der Waals surface area (Å²) in [6, 6.07) is 12.6. The van der Waals surface area contributed by atoms with Crippen molar-refractivity contribution >= 4 is 38.5 Å². The standard InChI is InChI=1S/C16H15BrINO2/c1-19-16(10-3-2-4-11(18)7-10)12-8-14-15(9-13(12)17)21-6-5-20-14/h2-4,7-9,16,19H,5-6H2,1H3. The number of rotatable bonds is 3. The van der Waals surface area contributed by atoms with E-state index in [4.69, 9.17) is 9.47 Å². The van der Waals surface area contributed by atoms with E-state index in [1.165, 1.54) is 9.13 Å². The van der Waals surface area contributed by atoms with E-state index in [0.717, 1.165) is 21.5 Å². The molecule has 1 heterocycles. The average Bonchev–Trinajstić information content (AvgIpc) is 2.48. The molecule has 1 N–H and O–H groups in total. The molecular weight excluding hydrogens is 445 g/mol. The Labute approximate surface area is 146 Å². The van der Waals surface area contributed by atoms with Gasteiger partial charge in [-0.05, 0) is 65.0 Å². The summed E-state index contributed by atoms with van der Waals surface area (Å²) in [6.07, 6.45) is 0. The van der Waals surface area contributed by atoms with Crippen molar-refractivity contribution in [2.45, 2.75) is 6.04 Å². The molecule has 1 aliphatic heterocycles. The molecule has 0 bridgehead atoms. The molecule has 21 heavy (non-hydrogen) atoms. The maximum atomic E-state index is 5.70. The Morgan fingerprint density at radius 1 is 1.14 bits per heavy atom. The van der Waals surface area contributed by atoms with Gasteiger partial charge in [-0.1, -0.05) is 28.1 Å². The lowest BCUT2D eigenvalue weighted by Gasteiger charge is -2.24. The van der Waals surface area contributed by atoms with Crippen LogP contribution in [-0.4, -0.2) is 20.3 Å². The fourth-order valence-electron chi connectivity index (χ4n) is 2.49. The van der Waals surface area contributed by atoms with E-state index in [-0.39, 0.29) is 6.04 Å². The first-order chi connectivity index (χ1) is 10.2. The van der Waals surface area contributed by atoms with Gasteiger partial charge in [0.25, 0.3) is 0 Å². The zero-order chi connectivity index (χ0) is 14.8. The number of fused-ring (bicyclic) bond motifs is 1. The molecule has 0 saturated carbocycles. The summed E-state index contributed by atoms with van der Waals surface area (Å²) in [6.45, 7) is 1.20. The second-order valence-corrected chi connectivity index (χ2v) is 6.89. The number of benzene rings is 2. The quantitative estimate of drug-likeness (QED) is 0.700. The molecule has 0 fully saturated rings. The first-order valence-corrected chi connectivity index (χ1v) is 8.58. The number of hydrogen-bond donors (Lipinski definition) is 1. The van der Waals surface area contributed by atoms with E-state index in [1.807, 2.05) is 13.1 Å². The van der Waals surface area contributed by atoms with Gasteiger partial charge in [0.15, 0.2) is 11.5 Å². The molecule has 0 amide bonds. The van der Waals surface area contributed by atoms with Gasteiger partial charge in [0.2, 0.25) is 0 Å². The van der Waals surface area contributed by atoms with Gasteiger partial charge in [-0.15, -0.1) is 0 Å².